The quantitative estimate of drug-likeness (QED) is 0.668. The Morgan fingerprint density at radius 2 is 2.11 bits per heavy atom. The molecule has 2 aliphatic heterocycles. The van der Waals surface area contributed by atoms with Gasteiger partial charge in [-0.3, -0.25) is 14.5 Å². The summed E-state index contributed by atoms with van der Waals surface area (Å²) in [7, 11) is 0. The Morgan fingerprint density at radius 1 is 1.42 bits per heavy atom. The van der Waals surface area contributed by atoms with Gasteiger partial charge in [0.25, 0.3) is 0 Å². The summed E-state index contributed by atoms with van der Waals surface area (Å²) in [6, 6.07) is 0. The number of hydrogen-bond donors (Lipinski definition) is 2. The van der Waals surface area contributed by atoms with E-state index < -0.39 is 11.9 Å². The van der Waals surface area contributed by atoms with Crippen LogP contribution in [0.2, 0.25) is 0 Å². The number of fused-ring (bicyclic) bond motifs is 1. The number of thioether (sulfide) groups is 1. The molecule has 1 saturated heterocycles. The van der Waals surface area contributed by atoms with Crippen molar-refractivity contribution in [2.45, 2.75) is 13.3 Å². The lowest BCUT2D eigenvalue weighted by atomic mass is 10.0. The zero-order valence-corrected chi connectivity index (χ0v) is 11.1. The Labute approximate surface area is 113 Å². The standard InChI is InChI=1S/C11H13N3O4S/c1-2-18-11(17)5-3-6(9(13)16)10-14(8(5)12)7(15)4-19-10/h2-4,12H2,1H3,(H2,13,16). The Balaban J connectivity index is 2.45. The largest absolute Gasteiger partial charge is 0.463 e. The predicted octanol–water partition coefficient (Wildman–Crippen LogP) is -0.604. The Kier molecular flexibility index (Phi) is 3.52. The molecule has 0 aromatic heterocycles. The number of amides is 2. The minimum Gasteiger partial charge on any atom is -0.463 e. The lowest BCUT2D eigenvalue weighted by Crippen LogP contribution is -2.37. The number of esters is 1. The number of nitrogens with two attached hydrogens (primary N) is 2. The molecule has 19 heavy (non-hydrogen) atoms. The molecule has 0 unspecified atom stereocenters. The molecule has 0 aromatic carbocycles. The van der Waals surface area contributed by atoms with E-state index in [0.717, 1.165) is 0 Å². The lowest BCUT2D eigenvalue weighted by molar-refractivity contribution is -0.138. The van der Waals surface area contributed by atoms with Gasteiger partial charge in [0.15, 0.2) is 0 Å². The second kappa shape index (κ2) is 4.96. The first-order chi connectivity index (χ1) is 8.97. The van der Waals surface area contributed by atoms with Crippen molar-refractivity contribution in [2.75, 3.05) is 12.4 Å². The third-order valence-corrected chi connectivity index (χ3v) is 3.86. The number of hydrogen-bond acceptors (Lipinski definition) is 6. The van der Waals surface area contributed by atoms with Crippen LogP contribution in [0.4, 0.5) is 0 Å². The summed E-state index contributed by atoms with van der Waals surface area (Å²) in [5.74, 6) is -1.40. The van der Waals surface area contributed by atoms with E-state index in [-0.39, 0.29) is 41.7 Å². The highest BCUT2D eigenvalue weighted by molar-refractivity contribution is 8.04. The van der Waals surface area contributed by atoms with Crippen LogP contribution in [0.5, 0.6) is 0 Å². The van der Waals surface area contributed by atoms with E-state index >= 15 is 0 Å². The van der Waals surface area contributed by atoms with Gasteiger partial charge in [0.05, 0.1) is 28.5 Å². The average molecular weight is 283 g/mol. The van der Waals surface area contributed by atoms with E-state index in [1.165, 1.54) is 16.7 Å². The molecule has 0 aromatic rings. The molecule has 2 heterocycles. The monoisotopic (exact) mass is 283 g/mol. The van der Waals surface area contributed by atoms with Crippen molar-refractivity contribution in [2.24, 2.45) is 11.5 Å². The second-order valence-electron chi connectivity index (χ2n) is 3.93. The van der Waals surface area contributed by atoms with E-state index in [1.54, 1.807) is 6.92 Å². The Bertz CT molecular complexity index is 538. The number of ether oxygens (including phenoxy) is 1. The van der Waals surface area contributed by atoms with Gasteiger partial charge in [0, 0.05) is 6.42 Å². The van der Waals surface area contributed by atoms with Crippen molar-refractivity contribution >= 4 is 29.5 Å². The summed E-state index contributed by atoms with van der Waals surface area (Å²) >= 11 is 1.19. The molecule has 0 bridgehead atoms. The topological polar surface area (TPSA) is 116 Å². The number of nitrogens with zero attached hydrogens (tertiary/aromatic N) is 1. The van der Waals surface area contributed by atoms with E-state index in [4.69, 9.17) is 16.2 Å². The Hall–Kier alpha value is -1.96. The molecular weight excluding hydrogens is 270 g/mol. The molecule has 102 valence electrons. The summed E-state index contributed by atoms with van der Waals surface area (Å²) in [4.78, 5) is 36.2. The fraction of sp³-hybridized carbons (Fsp3) is 0.364. The third-order valence-electron chi connectivity index (χ3n) is 2.77. The molecular formula is C11H13N3O4S. The number of carbonyl (C=O) groups excluding carboxylic acids is 3. The minimum atomic E-state index is -0.670. The van der Waals surface area contributed by atoms with Crippen LogP contribution in [-0.4, -0.2) is 35.0 Å². The first-order valence-electron chi connectivity index (χ1n) is 5.61. The van der Waals surface area contributed by atoms with Crippen LogP contribution in [0.15, 0.2) is 22.0 Å². The van der Waals surface area contributed by atoms with Gasteiger partial charge in [-0.15, -0.1) is 0 Å². The van der Waals surface area contributed by atoms with Crippen LogP contribution in [0.1, 0.15) is 13.3 Å². The van der Waals surface area contributed by atoms with Gasteiger partial charge < -0.3 is 16.2 Å². The van der Waals surface area contributed by atoms with Gasteiger partial charge in [-0.25, -0.2) is 4.79 Å². The molecule has 2 rings (SSSR count). The van der Waals surface area contributed by atoms with Crippen molar-refractivity contribution in [3.8, 4) is 0 Å². The average Bonchev–Trinajstić information content (AvgIpc) is 2.72. The molecule has 4 N–H and O–H groups in total. The lowest BCUT2D eigenvalue weighted by Gasteiger charge is -2.26. The summed E-state index contributed by atoms with van der Waals surface area (Å²) in [5.41, 5.74) is 11.4. The van der Waals surface area contributed by atoms with Crippen molar-refractivity contribution in [1.82, 2.24) is 4.90 Å². The van der Waals surface area contributed by atoms with Gasteiger partial charge in [0.2, 0.25) is 11.8 Å². The molecule has 2 aliphatic rings. The maximum absolute atomic E-state index is 11.8. The van der Waals surface area contributed by atoms with Gasteiger partial charge in [0.1, 0.15) is 5.82 Å². The molecule has 0 spiro atoms. The molecule has 8 heteroatoms. The van der Waals surface area contributed by atoms with Crippen LogP contribution in [-0.2, 0) is 19.1 Å². The van der Waals surface area contributed by atoms with Crippen molar-refractivity contribution in [1.29, 1.82) is 0 Å². The first kappa shape index (κ1) is 13.5. The minimum absolute atomic E-state index is 0.00782. The number of rotatable bonds is 3. The fourth-order valence-corrected chi connectivity index (χ4v) is 2.97. The van der Waals surface area contributed by atoms with Crippen LogP contribution >= 0.6 is 11.8 Å². The van der Waals surface area contributed by atoms with Crippen LogP contribution in [0.25, 0.3) is 0 Å². The zero-order chi connectivity index (χ0) is 14.2. The zero-order valence-electron chi connectivity index (χ0n) is 10.3. The van der Waals surface area contributed by atoms with Gasteiger partial charge in [-0.1, -0.05) is 11.8 Å². The normalized spacial score (nSPS) is 18.8. The van der Waals surface area contributed by atoms with E-state index in [1.807, 2.05) is 0 Å². The van der Waals surface area contributed by atoms with E-state index in [2.05, 4.69) is 0 Å². The van der Waals surface area contributed by atoms with Gasteiger partial charge in [-0.2, -0.15) is 0 Å². The summed E-state index contributed by atoms with van der Waals surface area (Å²) in [6.45, 7) is 1.84. The molecule has 0 saturated carbocycles. The summed E-state index contributed by atoms with van der Waals surface area (Å²) in [5, 5.41) is 0.419. The highest BCUT2D eigenvalue weighted by atomic mass is 32.2. The smallest absolute Gasteiger partial charge is 0.338 e. The summed E-state index contributed by atoms with van der Waals surface area (Å²) in [6.07, 6.45) is -0.00782. The van der Waals surface area contributed by atoms with Crippen molar-refractivity contribution in [3.63, 3.8) is 0 Å². The SMILES string of the molecule is CCOC(=O)C1=C(N)N2C(=O)CSC2=C(C(N)=O)C1. The fourth-order valence-electron chi connectivity index (χ4n) is 1.90. The molecule has 0 radical (unpaired) electrons. The van der Waals surface area contributed by atoms with Crippen molar-refractivity contribution < 1.29 is 19.1 Å². The summed E-state index contributed by atoms with van der Waals surface area (Å²) < 4.78 is 4.87. The molecule has 0 atom stereocenters. The molecule has 7 nitrogen and oxygen atoms in total. The highest BCUT2D eigenvalue weighted by Gasteiger charge is 2.39. The second-order valence-corrected chi connectivity index (χ2v) is 4.89. The number of primary amides is 1. The molecule has 2 amide bonds. The van der Waals surface area contributed by atoms with E-state index in [9.17, 15) is 14.4 Å². The van der Waals surface area contributed by atoms with Gasteiger partial charge >= 0.3 is 5.97 Å². The van der Waals surface area contributed by atoms with E-state index in [0.29, 0.717) is 5.03 Å². The van der Waals surface area contributed by atoms with Crippen LogP contribution in [0.3, 0.4) is 0 Å². The van der Waals surface area contributed by atoms with Crippen LogP contribution < -0.4 is 11.5 Å². The Morgan fingerprint density at radius 3 is 2.68 bits per heavy atom. The predicted molar refractivity (Wildman–Crippen MR) is 68.0 cm³/mol. The molecule has 1 fully saturated rings. The molecule has 0 aliphatic carbocycles. The maximum Gasteiger partial charge on any atom is 0.338 e. The maximum atomic E-state index is 11.8. The first-order valence-corrected chi connectivity index (χ1v) is 6.60. The third kappa shape index (κ3) is 2.19. The van der Waals surface area contributed by atoms with Crippen molar-refractivity contribution in [3.05, 3.63) is 22.0 Å². The van der Waals surface area contributed by atoms with Crippen LogP contribution in [0, 0.1) is 0 Å². The highest BCUT2D eigenvalue weighted by Crippen LogP contribution is 2.40. The number of carbonyl (C=O) groups is 3. The van der Waals surface area contributed by atoms with Gasteiger partial charge in [-0.05, 0) is 6.92 Å².